The van der Waals surface area contributed by atoms with E-state index in [1.165, 1.54) is 0 Å². The van der Waals surface area contributed by atoms with Crippen LogP contribution >= 0.6 is 11.6 Å². The summed E-state index contributed by atoms with van der Waals surface area (Å²) >= 11 is 5.40. The van der Waals surface area contributed by atoms with Crippen molar-refractivity contribution in [1.82, 2.24) is 9.55 Å². The van der Waals surface area contributed by atoms with Crippen molar-refractivity contribution < 1.29 is 4.39 Å². The van der Waals surface area contributed by atoms with Crippen LogP contribution in [0.4, 0.5) is 4.39 Å². The SMILES string of the molecule is CC1(n2c(=O)[nH]c(Cl)c(F)c2=O)CCCC1. The Bertz CT molecular complexity index is 529. The normalized spacial score (nSPS) is 18.9. The predicted octanol–water partition coefficient (Wildman–Crippen LogP) is 1.62. The van der Waals surface area contributed by atoms with Gasteiger partial charge in [-0.3, -0.25) is 14.3 Å². The van der Waals surface area contributed by atoms with Gasteiger partial charge in [-0.05, 0) is 19.8 Å². The van der Waals surface area contributed by atoms with Crippen LogP contribution in [0.2, 0.25) is 5.15 Å². The Morgan fingerprint density at radius 2 is 1.94 bits per heavy atom. The molecular formula is C10H12ClFN2O2. The van der Waals surface area contributed by atoms with Gasteiger partial charge in [0.1, 0.15) is 0 Å². The van der Waals surface area contributed by atoms with Gasteiger partial charge in [0.25, 0.3) is 5.56 Å². The first-order valence-corrected chi connectivity index (χ1v) is 5.54. The van der Waals surface area contributed by atoms with Gasteiger partial charge in [0.2, 0.25) is 5.82 Å². The third-order valence-electron chi connectivity index (χ3n) is 3.22. The Balaban J connectivity index is 2.70. The molecule has 6 heteroatoms. The third kappa shape index (κ3) is 1.59. The summed E-state index contributed by atoms with van der Waals surface area (Å²) in [5, 5.41) is -0.521. The molecule has 0 saturated heterocycles. The van der Waals surface area contributed by atoms with Crippen LogP contribution in [0.5, 0.6) is 0 Å². The predicted molar refractivity (Wildman–Crippen MR) is 58.4 cm³/mol. The average molecular weight is 247 g/mol. The number of rotatable bonds is 1. The molecule has 1 saturated carbocycles. The number of H-pyrrole nitrogens is 1. The largest absolute Gasteiger partial charge is 0.330 e. The van der Waals surface area contributed by atoms with Crippen molar-refractivity contribution in [3.63, 3.8) is 0 Å². The fourth-order valence-corrected chi connectivity index (χ4v) is 2.50. The molecule has 1 heterocycles. The fourth-order valence-electron chi connectivity index (χ4n) is 2.34. The molecule has 0 aliphatic heterocycles. The second kappa shape index (κ2) is 3.73. The molecule has 1 fully saturated rings. The van der Waals surface area contributed by atoms with E-state index in [4.69, 9.17) is 11.6 Å². The molecule has 0 bridgehead atoms. The van der Waals surface area contributed by atoms with E-state index in [2.05, 4.69) is 4.98 Å². The first-order valence-electron chi connectivity index (χ1n) is 5.16. The van der Waals surface area contributed by atoms with Crippen molar-refractivity contribution in [1.29, 1.82) is 0 Å². The molecule has 1 aromatic heterocycles. The number of aromatic amines is 1. The Hall–Kier alpha value is -1.10. The van der Waals surface area contributed by atoms with Crippen molar-refractivity contribution in [2.75, 3.05) is 0 Å². The standard InChI is InChI=1S/C10H12ClFN2O2/c1-10(4-2-3-5-10)14-8(15)6(12)7(11)13-9(14)16/h2-5H2,1H3,(H,13,16). The number of hydrogen-bond acceptors (Lipinski definition) is 2. The van der Waals surface area contributed by atoms with Gasteiger partial charge in [0.05, 0.1) is 0 Å². The number of nitrogens with one attached hydrogen (secondary N) is 1. The number of nitrogens with zero attached hydrogens (tertiary/aromatic N) is 1. The van der Waals surface area contributed by atoms with Crippen LogP contribution in [0.1, 0.15) is 32.6 Å². The van der Waals surface area contributed by atoms with Gasteiger partial charge in [-0.1, -0.05) is 24.4 Å². The number of aromatic nitrogens is 2. The van der Waals surface area contributed by atoms with Gasteiger partial charge in [-0.15, -0.1) is 0 Å². The highest BCUT2D eigenvalue weighted by Crippen LogP contribution is 2.34. The zero-order valence-corrected chi connectivity index (χ0v) is 9.60. The monoisotopic (exact) mass is 246 g/mol. The van der Waals surface area contributed by atoms with Crippen LogP contribution in [0.3, 0.4) is 0 Å². The maximum absolute atomic E-state index is 13.4. The lowest BCUT2D eigenvalue weighted by molar-refractivity contribution is 0.297. The second-order valence-corrected chi connectivity index (χ2v) is 4.78. The summed E-state index contributed by atoms with van der Waals surface area (Å²) in [6, 6.07) is 0. The highest BCUT2D eigenvalue weighted by molar-refractivity contribution is 6.29. The molecule has 2 rings (SSSR count). The van der Waals surface area contributed by atoms with E-state index in [-0.39, 0.29) is 0 Å². The Labute approximate surface area is 96.1 Å². The summed E-state index contributed by atoms with van der Waals surface area (Å²) in [4.78, 5) is 25.5. The number of hydrogen-bond donors (Lipinski definition) is 1. The topological polar surface area (TPSA) is 54.9 Å². The molecule has 0 radical (unpaired) electrons. The van der Waals surface area contributed by atoms with Crippen molar-refractivity contribution in [3.8, 4) is 0 Å². The van der Waals surface area contributed by atoms with Crippen molar-refractivity contribution in [2.45, 2.75) is 38.1 Å². The van der Waals surface area contributed by atoms with Crippen molar-refractivity contribution in [2.24, 2.45) is 0 Å². The van der Waals surface area contributed by atoms with E-state index >= 15 is 0 Å². The number of halogens is 2. The smallest absolute Gasteiger partial charge is 0.295 e. The Morgan fingerprint density at radius 1 is 1.38 bits per heavy atom. The quantitative estimate of drug-likeness (QED) is 0.766. The van der Waals surface area contributed by atoms with Crippen LogP contribution in [0.15, 0.2) is 9.59 Å². The lowest BCUT2D eigenvalue weighted by atomic mass is 10.0. The molecular weight excluding hydrogens is 235 g/mol. The van der Waals surface area contributed by atoms with E-state index in [1.54, 1.807) is 6.92 Å². The van der Waals surface area contributed by atoms with Crippen LogP contribution in [0, 0.1) is 5.82 Å². The molecule has 4 nitrogen and oxygen atoms in total. The minimum absolute atomic E-state index is 0.521. The van der Waals surface area contributed by atoms with Crippen molar-refractivity contribution >= 4 is 11.6 Å². The molecule has 88 valence electrons. The molecule has 1 aliphatic rings. The Morgan fingerprint density at radius 3 is 2.50 bits per heavy atom. The van der Waals surface area contributed by atoms with Crippen LogP contribution in [0.25, 0.3) is 0 Å². The van der Waals surface area contributed by atoms with Gasteiger partial charge in [-0.25, -0.2) is 4.79 Å². The fraction of sp³-hybridized carbons (Fsp3) is 0.600. The zero-order valence-electron chi connectivity index (χ0n) is 8.85. The second-order valence-electron chi connectivity index (χ2n) is 4.40. The van der Waals surface area contributed by atoms with Crippen LogP contribution in [-0.2, 0) is 5.54 Å². The first kappa shape index (κ1) is 11.4. The van der Waals surface area contributed by atoms with Crippen LogP contribution in [-0.4, -0.2) is 9.55 Å². The molecule has 1 aromatic rings. The summed E-state index contributed by atoms with van der Waals surface area (Å²) in [5.41, 5.74) is -2.16. The molecule has 16 heavy (non-hydrogen) atoms. The highest BCUT2D eigenvalue weighted by atomic mass is 35.5. The zero-order chi connectivity index (χ0) is 11.9. The van der Waals surface area contributed by atoms with Gasteiger partial charge in [-0.2, -0.15) is 4.39 Å². The molecule has 0 amide bonds. The van der Waals surface area contributed by atoms with Gasteiger partial charge < -0.3 is 0 Å². The first-order chi connectivity index (χ1) is 7.46. The highest BCUT2D eigenvalue weighted by Gasteiger charge is 2.34. The molecule has 0 aromatic carbocycles. The van der Waals surface area contributed by atoms with Gasteiger partial charge in [0.15, 0.2) is 5.15 Å². The summed E-state index contributed by atoms with van der Waals surface area (Å²) in [5.74, 6) is -1.09. The van der Waals surface area contributed by atoms with Gasteiger partial charge in [0, 0.05) is 5.54 Å². The summed E-state index contributed by atoms with van der Waals surface area (Å²) < 4.78 is 14.3. The average Bonchev–Trinajstić information content (AvgIpc) is 2.62. The maximum Gasteiger partial charge on any atom is 0.330 e. The summed E-state index contributed by atoms with van der Waals surface area (Å²) in [6.07, 6.45) is 3.29. The Kier molecular flexibility index (Phi) is 2.66. The summed E-state index contributed by atoms with van der Waals surface area (Å²) in [7, 11) is 0. The minimum atomic E-state index is -1.09. The van der Waals surface area contributed by atoms with E-state index in [0.29, 0.717) is 12.8 Å². The molecule has 0 atom stereocenters. The maximum atomic E-state index is 13.4. The van der Waals surface area contributed by atoms with E-state index in [9.17, 15) is 14.0 Å². The summed E-state index contributed by atoms with van der Waals surface area (Å²) in [6.45, 7) is 1.80. The van der Waals surface area contributed by atoms with Crippen molar-refractivity contribution in [3.05, 3.63) is 31.8 Å². The van der Waals surface area contributed by atoms with E-state index < -0.39 is 27.8 Å². The van der Waals surface area contributed by atoms with Crippen LogP contribution < -0.4 is 11.2 Å². The van der Waals surface area contributed by atoms with Gasteiger partial charge >= 0.3 is 5.69 Å². The molecule has 0 spiro atoms. The molecule has 0 unspecified atom stereocenters. The third-order valence-corrected chi connectivity index (χ3v) is 3.48. The lowest BCUT2D eigenvalue weighted by Crippen LogP contribution is -2.47. The van der Waals surface area contributed by atoms with E-state index in [0.717, 1.165) is 17.4 Å². The lowest BCUT2D eigenvalue weighted by Gasteiger charge is -2.25. The molecule has 1 aliphatic carbocycles. The van der Waals surface area contributed by atoms with E-state index in [1.807, 2.05) is 0 Å². The molecule has 1 N–H and O–H groups in total. The minimum Gasteiger partial charge on any atom is -0.295 e.